The van der Waals surface area contributed by atoms with Crippen molar-refractivity contribution in [2.75, 3.05) is 11.9 Å². The first-order valence-corrected chi connectivity index (χ1v) is 6.09. The Balaban J connectivity index is 1.77. The van der Waals surface area contributed by atoms with Crippen LogP contribution in [0.2, 0.25) is 0 Å². The summed E-state index contributed by atoms with van der Waals surface area (Å²) in [6.07, 6.45) is 6.86. The van der Waals surface area contributed by atoms with Gasteiger partial charge >= 0.3 is 0 Å². The zero-order valence-electron chi connectivity index (χ0n) is 9.75. The second-order valence-electron chi connectivity index (χ2n) is 4.88. The molecule has 88 valence electrons. The van der Waals surface area contributed by atoms with E-state index in [0.717, 1.165) is 24.1 Å². The summed E-state index contributed by atoms with van der Waals surface area (Å²) in [7, 11) is 0. The smallest absolute Gasteiger partial charge is 0.212 e. The van der Waals surface area contributed by atoms with Gasteiger partial charge in [-0.1, -0.05) is 19.8 Å². The molecule has 0 radical (unpaired) electrons. The van der Waals surface area contributed by atoms with Gasteiger partial charge in [-0.15, -0.1) is 0 Å². The van der Waals surface area contributed by atoms with Gasteiger partial charge in [-0.05, 0) is 36.8 Å². The van der Waals surface area contributed by atoms with Gasteiger partial charge in [0.1, 0.15) is 0 Å². The topological polar surface area (TPSA) is 24.9 Å². The molecule has 0 bridgehead atoms. The van der Waals surface area contributed by atoms with Crippen LogP contribution in [0.3, 0.4) is 0 Å². The van der Waals surface area contributed by atoms with Crippen LogP contribution in [0.4, 0.5) is 10.1 Å². The average Bonchev–Trinajstić information content (AvgIpc) is 2.30. The second kappa shape index (κ2) is 5.28. The van der Waals surface area contributed by atoms with Crippen molar-refractivity contribution < 1.29 is 4.39 Å². The molecule has 2 nitrogen and oxygen atoms in total. The highest BCUT2D eigenvalue weighted by Gasteiger charge is 2.17. The molecule has 16 heavy (non-hydrogen) atoms. The van der Waals surface area contributed by atoms with Gasteiger partial charge in [0.15, 0.2) is 0 Å². The van der Waals surface area contributed by atoms with E-state index in [9.17, 15) is 4.39 Å². The summed E-state index contributed by atoms with van der Waals surface area (Å²) in [6, 6.07) is 3.14. The predicted octanol–water partition coefficient (Wildman–Crippen LogP) is 3.46. The van der Waals surface area contributed by atoms with E-state index in [4.69, 9.17) is 0 Å². The molecule has 1 fully saturated rings. The standard InChI is InChI=1S/C13H19FN2/c1-10-2-4-11(5-3-10)8-15-12-6-7-13(14)16-9-12/h6-7,9-11,15H,2-5,8H2,1H3. The fourth-order valence-electron chi connectivity index (χ4n) is 2.28. The summed E-state index contributed by atoms with van der Waals surface area (Å²) in [5, 5.41) is 3.33. The number of rotatable bonds is 3. The summed E-state index contributed by atoms with van der Waals surface area (Å²) in [6.45, 7) is 3.31. The number of hydrogen-bond donors (Lipinski definition) is 1. The van der Waals surface area contributed by atoms with Crippen LogP contribution in [0.25, 0.3) is 0 Å². The van der Waals surface area contributed by atoms with Crippen LogP contribution >= 0.6 is 0 Å². The minimum Gasteiger partial charge on any atom is -0.384 e. The minimum atomic E-state index is -0.419. The fraction of sp³-hybridized carbons (Fsp3) is 0.615. The fourth-order valence-corrected chi connectivity index (χ4v) is 2.28. The number of nitrogens with one attached hydrogen (secondary N) is 1. The molecule has 1 heterocycles. The third-order valence-corrected chi connectivity index (χ3v) is 3.46. The van der Waals surface area contributed by atoms with Crippen LogP contribution in [0, 0.1) is 17.8 Å². The monoisotopic (exact) mass is 222 g/mol. The van der Waals surface area contributed by atoms with Gasteiger partial charge < -0.3 is 5.32 Å². The van der Waals surface area contributed by atoms with Gasteiger partial charge in [0.05, 0.1) is 11.9 Å². The number of pyridine rings is 1. The van der Waals surface area contributed by atoms with Crippen molar-refractivity contribution in [2.45, 2.75) is 32.6 Å². The van der Waals surface area contributed by atoms with Crippen LogP contribution in [0.1, 0.15) is 32.6 Å². The van der Waals surface area contributed by atoms with Crippen LogP contribution < -0.4 is 5.32 Å². The lowest BCUT2D eigenvalue weighted by molar-refractivity contribution is 0.300. The zero-order valence-corrected chi connectivity index (χ0v) is 9.75. The van der Waals surface area contributed by atoms with Gasteiger partial charge in [-0.25, -0.2) is 4.98 Å². The van der Waals surface area contributed by atoms with Gasteiger partial charge in [0, 0.05) is 6.54 Å². The van der Waals surface area contributed by atoms with Crippen LogP contribution in [-0.4, -0.2) is 11.5 Å². The Morgan fingerprint density at radius 1 is 1.31 bits per heavy atom. The Bertz CT molecular complexity index is 315. The molecule has 0 aromatic carbocycles. The SMILES string of the molecule is CC1CCC(CNc2ccc(F)nc2)CC1. The molecule has 0 aliphatic heterocycles. The summed E-state index contributed by atoms with van der Waals surface area (Å²) < 4.78 is 12.6. The minimum absolute atomic E-state index is 0.419. The van der Waals surface area contributed by atoms with Crippen molar-refractivity contribution in [3.8, 4) is 0 Å². The number of anilines is 1. The lowest BCUT2D eigenvalue weighted by atomic mass is 9.83. The number of hydrogen-bond acceptors (Lipinski definition) is 2. The summed E-state index contributed by atoms with van der Waals surface area (Å²) in [4.78, 5) is 3.63. The third kappa shape index (κ3) is 3.19. The maximum Gasteiger partial charge on any atom is 0.212 e. The van der Waals surface area contributed by atoms with Crippen molar-refractivity contribution >= 4 is 5.69 Å². The Kier molecular flexibility index (Phi) is 3.75. The van der Waals surface area contributed by atoms with E-state index >= 15 is 0 Å². The first-order chi connectivity index (χ1) is 7.74. The molecule has 1 aliphatic carbocycles. The molecule has 1 N–H and O–H groups in total. The van der Waals surface area contributed by atoms with Crippen molar-refractivity contribution in [2.24, 2.45) is 11.8 Å². The lowest BCUT2D eigenvalue weighted by Gasteiger charge is -2.26. The summed E-state index contributed by atoms with van der Waals surface area (Å²) in [5.74, 6) is 1.24. The molecular weight excluding hydrogens is 203 g/mol. The first-order valence-electron chi connectivity index (χ1n) is 6.09. The lowest BCUT2D eigenvalue weighted by Crippen LogP contribution is -2.20. The Hall–Kier alpha value is -1.12. The maximum atomic E-state index is 12.6. The highest BCUT2D eigenvalue weighted by Crippen LogP contribution is 2.28. The largest absolute Gasteiger partial charge is 0.384 e. The molecule has 0 unspecified atom stereocenters. The Labute approximate surface area is 96.3 Å². The van der Waals surface area contributed by atoms with Crippen LogP contribution in [-0.2, 0) is 0 Å². The quantitative estimate of drug-likeness (QED) is 0.792. The Morgan fingerprint density at radius 2 is 2.06 bits per heavy atom. The average molecular weight is 222 g/mol. The molecular formula is C13H19FN2. The van der Waals surface area contributed by atoms with E-state index in [1.165, 1.54) is 31.7 Å². The van der Waals surface area contributed by atoms with Crippen molar-refractivity contribution in [1.29, 1.82) is 0 Å². The molecule has 1 aliphatic rings. The summed E-state index contributed by atoms with van der Waals surface area (Å²) >= 11 is 0. The van der Waals surface area contributed by atoms with Crippen molar-refractivity contribution in [1.82, 2.24) is 4.98 Å². The Morgan fingerprint density at radius 3 is 2.69 bits per heavy atom. The van der Waals surface area contributed by atoms with E-state index < -0.39 is 5.95 Å². The molecule has 2 rings (SSSR count). The molecule has 0 saturated heterocycles. The van der Waals surface area contributed by atoms with Crippen LogP contribution in [0.5, 0.6) is 0 Å². The van der Waals surface area contributed by atoms with Crippen molar-refractivity contribution in [3.63, 3.8) is 0 Å². The van der Waals surface area contributed by atoms with Crippen molar-refractivity contribution in [3.05, 3.63) is 24.3 Å². The predicted molar refractivity (Wildman–Crippen MR) is 63.8 cm³/mol. The van der Waals surface area contributed by atoms with Gasteiger partial charge in [0.2, 0.25) is 5.95 Å². The second-order valence-corrected chi connectivity index (χ2v) is 4.88. The third-order valence-electron chi connectivity index (χ3n) is 3.46. The number of nitrogens with zero attached hydrogens (tertiary/aromatic N) is 1. The maximum absolute atomic E-state index is 12.6. The van der Waals surface area contributed by atoms with E-state index in [0.29, 0.717) is 0 Å². The number of halogens is 1. The molecule has 0 spiro atoms. The molecule has 1 saturated carbocycles. The van der Waals surface area contributed by atoms with Crippen LogP contribution in [0.15, 0.2) is 18.3 Å². The van der Waals surface area contributed by atoms with E-state index in [2.05, 4.69) is 17.2 Å². The highest BCUT2D eigenvalue weighted by molar-refractivity contribution is 5.39. The number of aromatic nitrogens is 1. The molecule has 0 atom stereocenters. The van der Waals surface area contributed by atoms with Gasteiger partial charge in [-0.2, -0.15) is 4.39 Å². The van der Waals surface area contributed by atoms with Gasteiger partial charge in [0.25, 0.3) is 0 Å². The molecule has 1 aromatic heterocycles. The van der Waals surface area contributed by atoms with E-state index in [-0.39, 0.29) is 0 Å². The normalized spacial score (nSPS) is 25.4. The first kappa shape index (κ1) is 11.4. The summed E-state index contributed by atoms with van der Waals surface area (Å²) in [5.41, 5.74) is 0.917. The molecule has 1 aromatic rings. The zero-order chi connectivity index (χ0) is 11.4. The molecule has 3 heteroatoms. The van der Waals surface area contributed by atoms with E-state index in [1.54, 1.807) is 12.3 Å². The molecule has 0 amide bonds. The van der Waals surface area contributed by atoms with Gasteiger partial charge in [-0.3, -0.25) is 0 Å². The highest BCUT2D eigenvalue weighted by atomic mass is 19.1. The van der Waals surface area contributed by atoms with E-state index in [1.807, 2.05) is 0 Å².